The first-order chi connectivity index (χ1) is 18.7. The second kappa shape index (κ2) is 10.0. The average molecular weight is 680 g/mol. The number of alkyl halides is 10. The van der Waals surface area contributed by atoms with E-state index in [9.17, 15) is 54.0 Å². The number of benzene rings is 1. The van der Waals surface area contributed by atoms with Crippen LogP contribution in [0.1, 0.15) is 35.3 Å². The minimum atomic E-state index is -6.67. The Morgan fingerprint density at radius 1 is 1.02 bits per heavy atom. The van der Waals surface area contributed by atoms with Crippen LogP contribution in [-0.2, 0) is 12.2 Å². The molecule has 5 nitrogen and oxygen atoms in total. The van der Waals surface area contributed by atoms with Crippen molar-refractivity contribution in [1.82, 2.24) is 14.3 Å². The van der Waals surface area contributed by atoms with E-state index in [4.69, 9.17) is 11.6 Å². The molecule has 4 rings (SSSR count). The van der Waals surface area contributed by atoms with Gasteiger partial charge in [0, 0.05) is 23.7 Å². The maximum atomic E-state index is 14.9. The van der Waals surface area contributed by atoms with Gasteiger partial charge in [0.1, 0.15) is 12.4 Å². The summed E-state index contributed by atoms with van der Waals surface area (Å²) in [5, 5.41) is 13.0. The van der Waals surface area contributed by atoms with Crippen LogP contribution in [0.5, 0.6) is 0 Å². The summed E-state index contributed by atoms with van der Waals surface area (Å²) in [6.07, 6.45) is -15.8. The van der Waals surface area contributed by atoms with Crippen LogP contribution in [0.2, 0.25) is 5.02 Å². The summed E-state index contributed by atoms with van der Waals surface area (Å²) in [6.45, 7) is -2.42. The van der Waals surface area contributed by atoms with Gasteiger partial charge in [0.15, 0.2) is 5.78 Å². The van der Waals surface area contributed by atoms with Gasteiger partial charge in [-0.05, 0) is 52.5 Å². The van der Waals surface area contributed by atoms with Crippen molar-refractivity contribution in [3.8, 4) is 23.0 Å². The van der Waals surface area contributed by atoms with Gasteiger partial charge in [-0.15, -0.1) is 0 Å². The number of nitriles is 1. The lowest BCUT2D eigenvalue weighted by atomic mass is 9.95. The number of halogens is 12. The summed E-state index contributed by atoms with van der Waals surface area (Å²) in [5.74, 6) is -1.44. The van der Waals surface area contributed by atoms with Crippen LogP contribution < -0.4 is 0 Å². The second-order valence-electron chi connectivity index (χ2n) is 9.42. The van der Waals surface area contributed by atoms with E-state index in [2.05, 4.69) is 27.1 Å². The van der Waals surface area contributed by atoms with Crippen molar-refractivity contribution in [3.63, 3.8) is 0 Å². The lowest BCUT2D eigenvalue weighted by Gasteiger charge is -2.31. The first-order valence-corrected chi connectivity index (χ1v) is 12.5. The van der Waals surface area contributed by atoms with Gasteiger partial charge in [0.05, 0.1) is 32.9 Å². The molecule has 2 heterocycles. The molecule has 0 spiro atoms. The molecule has 0 N–H and O–H groups in total. The average Bonchev–Trinajstić information content (AvgIpc) is 3.31. The highest BCUT2D eigenvalue weighted by atomic mass is 79.9. The van der Waals surface area contributed by atoms with Gasteiger partial charge in [0.2, 0.25) is 0 Å². The van der Waals surface area contributed by atoms with Crippen LogP contribution in [-0.4, -0.2) is 38.7 Å². The Balaban J connectivity index is 1.82. The molecule has 2 aromatic heterocycles. The van der Waals surface area contributed by atoms with E-state index >= 15 is 0 Å². The normalized spacial score (nSPS) is 15.6. The maximum Gasteiger partial charge on any atom is 0.437 e. The van der Waals surface area contributed by atoms with Gasteiger partial charge in [-0.2, -0.15) is 49.9 Å². The molecule has 0 amide bonds. The highest BCUT2D eigenvalue weighted by Crippen LogP contribution is 2.55. The number of ketones is 1. The third-order valence-corrected chi connectivity index (χ3v) is 7.40. The number of rotatable bonds is 7. The van der Waals surface area contributed by atoms with Gasteiger partial charge < -0.3 is 4.57 Å². The first kappa shape index (κ1) is 30.9. The summed E-state index contributed by atoms with van der Waals surface area (Å²) in [7, 11) is 0. The molecule has 17 heteroatoms. The molecule has 0 saturated heterocycles. The van der Waals surface area contributed by atoms with Gasteiger partial charge >= 0.3 is 24.2 Å². The Kier molecular flexibility index (Phi) is 7.56. The topological polar surface area (TPSA) is 63.6 Å². The van der Waals surface area contributed by atoms with E-state index in [-0.39, 0.29) is 34.2 Å². The van der Waals surface area contributed by atoms with Crippen LogP contribution >= 0.6 is 27.5 Å². The summed E-state index contributed by atoms with van der Waals surface area (Å²) in [4.78, 5) is 12.8. The third-order valence-electron chi connectivity index (χ3n) is 6.48. The zero-order valence-corrected chi connectivity index (χ0v) is 22.4. The SMILES string of the molecule is N#CC1(CC(=O)c2cc(-c3cnn(-c4c(Br)cc(C(F)(C(F)(F)F)C(F)(F)F)n4CC(F)(F)F)c3)ccc2Cl)CC1. The molecule has 1 aliphatic rings. The van der Waals surface area contributed by atoms with Gasteiger partial charge in [-0.1, -0.05) is 17.7 Å². The molecule has 1 fully saturated rings. The molecule has 1 aromatic carbocycles. The number of aromatic nitrogens is 3. The Morgan fingerprint density at radius 3 is 2.15 bits per heavy atom. The fraction of sp³-hybridized carbons (Fsp3) is 0.375. The Labute approximate surface area is 237 Å². The molecule has 220 valence electrons. The predicted octanol–water partition coefficient (Wildman–Crippen LogP) is 8.48. The smallest absolute Gasteiger partial charge is 0.316 e. The molecule has 0 bridgehead atoms. The molecular weight excluding hydrogens is 666 g/mol. The van der Waals surface area contributed by atoms with E-state index in [1.54, 1.807) is 0 Å². The van der Waals surface area contributed by atoms with Crippen molar-refractivity contribution in [3.05, 3.63) is 57.4 Å². The van der Waals surface area contributed by atoms with E-state index < -0.39 is 62.5 Å². The van der Waals surface area contributed by atoms with Crippen LogP contribution in [0.25, 0.3) is 16.9 Å². The monoisotopic (exact) mass is 678 g/mol. The molecule has 0 radical (unpaired) electrons. The number of carbonyl (C=O) groups is 1. The molecule has 0 aliphatic heterocycles. The quantitative estimate of drug-likeness (QED) is 0.186. The highest BCUT2D eigenvalue weighted by molar-refractivity contribution is 9.10. The summed E-state index contributed by atoms with van der Waals surface area (Å²) in [6, 6.07) is 6.03. The summed E-state index contributed by atoms with van der Waals surface area (Å²) >= 11 is 8.78. The van der Waals surface area contributed by atoms with Crippen molar-refractivity contribution in [2.24, 2.45) is 5.41 Å². The summed E-state index contributed by atoms with van der Waals surface area (Å²) < 4.78 is 135. The molecular formula is C24H14BrClF10N4O. The minimum Gasteiger partial charge on any atom is -0.316 e. The molecule has 0 atom stereocenters. The number of hydrogen-bond donors (Lipinski definition) is 0. The highest BCUT2D eigenvalue weighted by Gasteiger charge is 2.75. The third kappa shape index (κ3) is 5.70. The van der Waals surface area contributed by atoms with Crippen LogP contribution in [0, 0.1) is 16.7 Å². The van der Waals surface area contributed by atoms with Crippen LogP contribution in [0.15, 0.2) is 41.1 Å². The van der Waals surface area contributed by atoms with Crippen molar-refractivity contribution >= 4 is 33.3 Å². The molecule has 1 saturated carbocycles. The lowest BCUT2D eigenvalue weighted by molar-refractivity contribution is -0.351. The van der Waals surface area contributed by atoms with Crippen molar-refractivity contribution in [2.45, 2.75) is 50.0 Å². The van der Waals surface area contributed by atoms with Crippen LogP contribution in [0.4, 0.5) is 43.9 Å². The molecule has 1 aliphatic carbocycles. The van der Waals surface area contributed by atoms with Crippen molar-refractivity contribution < 1.29 is 48.7 Å². The Bertz CT molecular complexity index is 1530. The van der Waals surface area contributed by atoms with E-state index in [0.29, 0.717) is 17.5 Å². The molecule has 0 unspecified atom stereocenters. The minimum absolute atomic E-state index is 0.0138. The first-order valence-electron chi connectivity index (χ1n) is 11.3. The van der Waals surface area contributed by atoms with Crippen LogP contribution in [0.3, 0.4) is 0 Å². The fourth-order valence-corrected chi connectivity index (χ4v) is 5.04. The fourth-order valence-electron chi connectivity index (χ4n) is 4.20. The van der Waals surface area contributed by atoms with E-state index in [1.165, 1.54) is 18.2 Å². The van der Waals surface area contributed by atoms with E-state index in [0.717, 1.165) is 12.4 Å². The number of nitrogens with zero attached hydrogens (tertiary/aromatic N) is 4. The molecule has 3 aromatic rings. The largest absolute Gasteiger partial charge is 0.437 e. The van der Waals surface area contributed by atoms with Crippen molar-refractivity contribution in [2.75, 3.05) is 0 Å². The predicted molar refractivity (Wildman–Crippen MR) is 127 cm³/mol. The standard InChI is InChI=1S/C24H14BrClF10N4O/c25-15-6-18(22(30,23(31,32)33)24(34,35)36)39(11-21(27,28)29)19(15)40-9-13(8-38-40)12-1-2-16(26)14(5-12)17(41)7-20(10-37)3-4-20/h1-2,5-6,8-9H,3-4,7,11H2. The molecule has 41 heavy (non-hydrogen) atoms. The number of hydrogen-bond acceptors (Lipinski definition) is 3. The zero-order chi connectivity index (χ0) is 30.8. The Hall–Kier alpha value is -3.06. The summed E-state index contributed by atoms with van der Waals surface area (Å²) in [5.41, 5.74) is -9.02. The second-order valence-corrected chi connectivity index (χ2v) is 10.7. The van der Waals surface area contributed by atoms with Gasteiger partial charge in [0.25, 0.3) is 0 Å². The van der Waals surface area contributed by atoms with Gasteiger partial charge in [-0.3, -0.25) is 4.79 Å². The van der Waals surface area contributed by atoms with Crippen molar-refractivity contribution in [1.29, 1.82) is 5.26 Å². The zero-order valence-electron chi connectivity index (χ0n) is 20.0. The number of Topliss-reactive ketones (excluding diaryl/α,β-unsaturated/α-hetero) is 1. The lowest BCUT2D eigenvalue weighted by Crippen LogP contribution is -2.52. The number of carbonyl (C=O) groups excluding carboxylic acids is 1. The van der Waals surface area contributed by atoms with E-state index in [1.807, 2.05) is 0 Å². The Morgan fingerprint density at radius 2 is 1.63 bits per heavy atom. The van der Waals surface area contributed by atoms with Gasteiger partial charge in [-0.25, -0.2) is 9.07 Å². The maximum absolute atomic E-state index is 14.9.